The maximum absolute atomic E-state index is 12.9. The third-order valence-corrected chi connectivity index (χ3v) is 5.56. The summed E-state index contributed by atoms with van der Waals surface area (Å²) in [7, 11) is 0. The SMILES string of the molecule is CCCSC1=NN2C(=c3ccccc3=NC2c2ccccc2Cl)C(=O)N1. The van der Waals surface area contributed by atoms with E-state index < -0.39 is 6.17 Å². The summed E-state index contributed by atoms with van der Waals surface area (Å²) in [4.78, 5) is 17.7. The predicted molar refractivity (Wildman–Crippen MR) is 105 cm³/mol. The third kappa shape index (κ3) is 2.99. The monoisotopic (exact) mass is 384 g/mol. The average molecular weight is 385 g/mol. The summed E-state index contributed by atoms with van der Waals surface area (Å²) < 4.78 is 0. The van der Waals surface area contributed by atoms with Crippen LogP contribution in [0.3, 0.4) is 0 Å². The number of amidine groups is 1. The number of hydrazone groups is 1. The number of amides is 1. The number of fused-ring (bicyclic) bond motifs is 2. The van der Waals surface area contributed by atoms with Crippen molar-refractivity contribution in [3.63, 3.8) is 0 Å². The number of nitrogens with zero attached hydrogens (tertiary/aromatic N) is 3. The molecule has 2 aliphatic heterocycles. The first-order valence-corrected chi connectivity index (χ1v) is 9.79. The highest BCUT2D eigenvalue weighted by molar-refractivity contribution is 8.13. The number of halogens is 1. The van der Waals surface area contributed by atoms with Crippen LogP contribution in [-0.2, 0) is 4.79 Å². The van der Waals surface area contributed by atoms with Gasteiger partial charge in [-0.3, -0.25) is 15.1 Å². The Kier molecular flexibility index (Phi) is 4.70. The van der Waals surface area contributed by atoms with Gasteiger partial charge in [-0.2, -0.15) is 0 Å². The molecule has 0 saturated carbocycles. The zero-order valence-corrected chi connectivity index (χ0v) is 15.7. The quantitative estimate of drug-likeness (QED) is 0.885. The summed E-state index contributed by atoms with van der Waals surface area (Å²) in [6.45, 7) is 2.09. The number of para-hydroxylation sites is 1. The van der Waals surface area contributed by atoms with Gasteiger partial charge in [0.25, 0.3) is 5.91 Å². The van der Waals surface area contributed by atoms with E-state index >= 15 is 0 Å². The molecule has 132 valence electrons. The lowest BCUT2D eigenvalue weighted by Gasteiger charge is -2.34. The van der Waals surface area contributed by atoms with Crippen molar-refractivity contribution in [2.75, 3.05) is 5.75 Å². The van der Waals surface area contributed by atoms with Crippen molar-refractivity contribution in [1.29, 1.82) is 0 Å². The normalized spacial score (nSPS) is 18.5. The van der Waals surface area contributed by atoms with Gasteiger partial charge in [-0.25, -0.2) is 5.01 Å². The Morgan fingerprint density at radius 3 is 2.77 bits per heavy atom. The molecule has 26 heavy (non-hydrogen) atoms. The zero-order chi connectivity index (χ0) is 18.1. The molecule has 2 heterocycles. The fourth-order valence-corrected chi connectivity index (χ4v) is 3.92. The van der Waals surface area contributed by atoms with Gasteiger partial charge in [0.15, 0.2) is 11.3 Å². The minimum absolute atomic E-state index is 0.169. The van der Waals surface area contributed by atoms with Gasteiger partial charge in [-0.1, -0.05) is 66.7 Å². The molecule has 0 aliphatic carbocycles. The maximum Gasteiger partial charge on any atom is 0.276 e. The van der Waals surface area contributed by atoms with Crippen LogP contribution in [0.5, 0.6) is 0 Å². The topological polar surface area (TPSA) is 57.1 Å². The van der Waals surface area contributed by atoms with Crippen molar-refractivity contribution in [3.8, 4) is 0 Å². The lowest BCUT2D eigenvalue weighted by molar-refractivity contribution is -0.116. The van der Waals surface area contributed by atoms with E-state index in [0.717, 1.165) is 28.3 Å². The van der Waals surface area contributed by atoms with E-state index in [4.69, 9.17) is 16.6 Å². The van der Waals surface area contributed by atoms with Crippen LogP contribution in [0.25, 0.3) is 5.70 Å². The van der Waals surface area contributed by atoms with Crippen molar-refractivity contribution in [2.24, 2.45) is 10.1 Å². The summed E-state index contributed by atoms with van der Waals surface area (Å²) >= 11 is 7.95. The summed E-state index contributed by atoms with van der Waals surface area (Å²) in [5.41, 5.74) is 1.32. The first kappa shape index (κ1) is 17.1. The van der Waals surface area contributed by atoms with Crippen molar-refractivity contribution in [3.05, 3.63) is 69.7 Å². The van der Waals surface area contributed by atoms with Crippen LogP contribution >= 0.6 is 23.4 Å². The molecule has 0 fully saturated rings. The molecule has 0 spiro atoms. The van der Waals surface area contributed by atoms with Crippen LogP contribution in [0.2, 0.25) is 5.02 Å². The second-order valence-electron chi connectivity index (χ2n) is 5.94. The molecule has 1 amide bonds. The molecule has 1 unspecified atom stereocenters. The Morgan fingerprint density at radius 1 is 1.19 bits per heavy atom. The number of hydrogen-bond acceptors (Lipinski definition) is 5. The molecule has 7 heteroatoms. The third-order valence-electron chi connectivity index (χ3n) is 4.14. The average Bonchev–Trinajstić information content (AvgIpc) is 2.66. The van der Waals surface area contributed by atoms with E-state index in [-0.39, 0.29) is 5.91 Å². The van der Waals surface area contributed by atoms with Gasteiger partial charge in [-0.15, -0.1) is 5.10 Å². The number of carbonyl (C=O) groups excluding carboxylic acids is 1. The molecule has 5 nitrogen and oxygen atoms in total. The highest BCUT2D eigenvalue weighted by Crippen LogP contribution is 2.34. The lowest BCUT2D eigenvalue weighted by Crippen LogP contribution is -2.50. The van der Waals surface area contributed by atoms with Gasteiger partial charge in [-0.05, 0) is 18.6 Å². The number of rotatable bonds is 3. The van der Waals surface area contributed by atoms with Crippen molar-refractivity contribution >= 4 is 40.1 Å². The number of thioether (sulfide) groups is 1. The fourth-order valence-electron chi connectivity index (χ4n) is 2.98. The van der Waals surface area contributed by atoms with Gasteiger partial charge in [0, 0.05) is 21.6 Å². The molecule has 0 radical (unpaired) electrons. The number of hydrogen-bond donors (Lipinski definition) is 1. The van der Waals surface area contributed by atoms with E-state index in [0.29, 0.717) is 15.9 Å². The van der Waals surface area contributed by atoms with Crippen LogP contribution in [0.4, 0.5) is 0 Å². The fraction of sp³-hybridized carbons (Fsp3) is 0.211. The lowest BCUT2D eigenvalue weighted by atomic mass is 10.1. The standard InChI is InChI=1S/C19H17ClN4OS/c1-2-11-26-19-22-18(25)16-13-8-4-6-10-15(13)21-17(24(16)23-19)12-7-3-5-9-14(12)20/h3-10,17H,2,11H2,1H3,(H,22,23,25). The first-order chi connectivity index (χ1) is 12.7. The Labute approximate surface area is 160 Å². The van der Waals surface area contributed by atoms with E-state index in [1.165, 1.54) is 11.8 Å². The molecule has 0 aromatic heterocycles. The smallest absolute Gasteiger partial charge is 0.276 e. The molecular formula is C19H17ClN4OS. The molecule has 0 bridgehead atoms. The van der Waals surface area contributed by atoms with Crippen LogP contribution in [0, 0.1) is 0 Å². The molecule has 2 aromatic carbocycles. The number of nitrogens with one attached hydrogen (secondary N) is 1. The Bertz CT molecular complexity index is 1020. The predicted octanol–water partition coefficient (Wildman–Crippen LogP) is 2.63. The van der Waals surface area contributed by atoms with Crippen LogP contribution < -0.4 is 15.9 Å². The second kappa shape index (κ2) is 7.13. The molecular weight excluding hydrogens is 368 g/mol. The first-order valence-electron chi connectivity index (χ1n) is 8.42. The minimum atomic E-state index is -0.475. The van der Waals surface area contributed by atoms with Gasteiger partial charge < -0.3 is 0 Å². The van der Waals surface area contributed by atoms with Crippen molar-refractivity contribution in [2.45, 2.75) is 19.5 Å². The highest BCUT2D eigenvalue weighted by Gasteiger charge is 2.34. The number of carbonyl (C=O) groups is 1. The Morgan fingerprint density at radius 2 is 1.96 bits per heavy atom. The van der Waals surface area contributed by atoms with E-state index in [1.807, 2.05) is 48.5 Å². The maximum atomic E-state index is 12.9. The molecule has 2 aliphatic rings. The van der Waals surface area contributed by atoms with Crippen molar-refractivity contribution < 1.29 is 4.79 Å². The summed E-state index contributed by atoms with van der Waals surface area (Å²) in [5, 5.41) is 12.0. The molecule has 0 saturated heterocycles. The highest BCUT2D eigenvalue weighted by atomic mass is 35.5. The van der Waals surface area contributed by atoms with Crippen LogP contribution in [0.1, 0.15) is 25.1 Å². The van der Waals surface area contributed by atoms with Gasteiger partial charge in [0.1, 0.15) is 5.70 Å². The van der Waals surface area contributed by atoms with E-state index in [2.05, 4.69) is 17.3 Å². The van der Waals surface area contributed by atoms with Crippen molar-refractivity contribution in [1.82, 2.24) is 10.3 Å². The summed E-state index contributed by atoms with van der Waals surface area (Å²) in [5.74, 6) is 0.713. The zero-order valence-electron chi connectivity index (χ0n) is 14.1. The van der Waals surface area contributed by atoms with Crippen LogP contribution in [0.15, 0.2) is 58.6 Å². The minimum Gasteiger partial charge on any atom is -0.298 e. The summed E-state index contributed by atoms with van der Waals surface area (Å²) in [6.07, 6.45) is 0.522. The largest absolute Gasteiger partial charge is 0.298 e. The number of benzene rings is 2. The van der Waals surface area contributed by atoms with Crippen LogP contribution in [-0.4, -0.2) is 21.8 Å². The van der Waals surface area contributed by atoms with Gasteiger partial charge in [0.2, 0.25) is 0 Å². The van der Waals surface area contributed by atoms with E-state index in [9.17, 15) is 4.79 Å². The Hall–Kier alpha value is -2.31. The molecule has 1 N–H and O–H groups in total. The summed E-state index contributed by atoms with van der Waals surface area (Å²) in [6, 6.07) is 15.1. The Balaban J connectivity index is 1.92. The molecule has 1 atom stereocenters. The van der Waals surface area contributed by atoms with E-state index in [1.54, 1.807) is 5.01 Å². The van der Waals surface area contributed by atoms with Gasteiger partial charge >= 0.3 is 0 Å². The molecule has 2 aromatic rings. The van der Waals surface area contributed by atoms with Gasteiger partial charge in [0.05, 0.1) is 5.36 Å². The molecule has 4 rings (SSSR count). The second-order valence-corrected chi connectivity index (χ2v) is 7.43.